The lowest BCUT2D eigenvalue weighted by Gasteiger charge is -2.29. The Kier molecular flexibility index (Phi) is 5.23. The van der Waals surface area contributed by atoms with Crippen LogP contribution in [0.3, 0.4) is 0 Å². The van der Waals surface area contributed by atoms with Crippen molar-refractivity contribution in [2.45, 2.75) is 30.5 Å². The number of nitrogens with one attached hydrogen (secondary N) is 1. The summed E-state index contributed by atoms with van der Waals surface area (Å²) >= 11 is 1.65. The Hall–Kier alpha value is -1.53. The maximum absolute atomic E-state index is 5.49. The lowest BCUT2D eigenvalue weighted by molar-refractivity contribution is -0.920. The van der Waals surface area contributed by atoms with Crippen LogP contribution in [0, 0.1) is 0 Å². The van der Waals surface area contributed by atoms with Crippen LogP contribution in [0.15, 0.2) is 29.4 Å². The normalized spacial score (nSPS) is 21.3. The van der Waals surface area contributed by atoms with E-state index >= 15 is 0 Å². The topological polar surface area (TPSA) is 44.4 Å². The minimum absolute atomic E-state index is 0.492. The summed E-state index contributed by atoms with van der Waals surface area (Å²) in [5.41, 5.74) is 1.29. The monoisotopic (exact) mass is 333 g/mol. The van der Waals surface area contributed by atoms with Gasteiger partial charge in [-0.25, -0.2) is 0 Å². The zero-order chi connectivity index (χ0) is 16.2. The fraction of sp³-hybridized carbons (Fsp3) is 0.529. The third-order valence-corrected chi connectivity index (χ3v) is 5.39. The molecule has 6 heteroatoms. The molecule has 1 N–H and O–H groups in total. The van der Waals surface area contributed by atoms with Crippen molar-refractivity contribution in [2.24, 2.45) is 7.05 Å². The molecule has 2 atom stereocenters. The number of hydrogen-bond donors (Lipinski definition) is 1. The van der Waals surface area contributed by atoms with Gasteiger partial charge in [-0.1, -0.05) is 23.9 Å². The Morgan fingerprint density at radius 3 is 2.91 bits per heavy atom. The van der Waals surface area contributed by atoms with Gasteiger partial charge in [0.05, 0.1) is 26.1 Å². The lowest BCUT2D eigenvalue weighted by Crippen LogP contribution is -3.12. The van der Waals surface area contributed by atoms with E-state index in [9.17, 15) is 0 Å². The van der Waals surface area contributed by atoms with Gasteiger partial charge in [-0.2, -0.15) is 0 Å². The predicted octanol–water partition coefficient (Wildman–Crippen LogP) is 1.51. The Morgan fingerprint density at radius 1 is 1.35 bits per heavy atom. The smallest absolute Gasteiger partial charge is 0.190 e. The van der Waals surface area contributed by atoms with E-state index in [1.54, 1.807) is 23.8 Å². The third kappa shape index (κ3) is 3.53. The van der Waals surface area contributed by atoms with E-state index in [0.717, 1.165) is 29.8 Å². The summed E-state index contributed by atoms with van der Waals surface area (Å²) in [5, 5.41) is 9.73. The van der Waals surface area contributed by atoms with Gasteiger partial charge in [-0.15, -0.1) is 10.2 Å². The molecular weight excluding hydrogens is 308 g/mol. The van der Waals surface area contributed by atoms with E-state index in [2.05, 4.69) is 33.9 Å². The SMILES string of the molecule is COc1ccccc1C[NH+]1CCC[C@H](c2nnc(SC)n2C)C1. The predicted molar refractivity (Wildman–Crippen MR) is 92.2 cm³/mol. The van der Waals surface area contributed by atoms with Crippen molar-refractivity contribution in [3.63, 3.8) is 0 Å². The van der Waals surface area contributed by atoms with Crippen LogP contribution in [-0.4, -0.2) is 41.2 Å². The van der Waals surface area contributed by atoms with Crippen LogP contribution in [0.4, 0.5) is 0 Å². The first-order valence-corrected chi connectivity index (χ1v) is 9.34. The van der Waals surface area contributed by atoms with Gasteiger partial charge in [-0.3, -0.25) is 0 Å². The van der Waals surface area contributed by atoms with Gasteiger partial charge in [0.25, 0.3) is 0 Å². The van der Waals surface area contributed by atoms with Crippen LogP contribution in [0.2, 0.25) is 0 Å². The fourth-order valence-electron chi connectivity index (χ4n) is 3.51. The summed E-state index contributed by atoms with van der Waals surface area (Å²) in [6.07, 6.45) is 4.49. The van der Waals surface area contributed by atoms with Crippen molar-refractivity contribution in [3.05, 3.63) is 35.7 Å². The summed E-state index contributed by atoms with van der Waals surface area (Å²) in [7, 11) is 3.83. The van der Waals surface area contributed by atoms with E-state index in [1.807, 2.05) is 18.4 Å². The van der Waals surface area contributed by atoms with Gasteiger partial charge in [0.2, 0.25) is 0 Å². The fourth-order valence-corrected chi connectivity index (χ4v) is 4.00. The zero-order valence-electron chi connectivity index (χ0n) is 14.1. The van der Waals surface area contributed by atoms with E-state index in [0.29, 0.717) is 5.92 Å². The first-order valence-electron chi connectivity index (χ1n) is 8.11. The number of likely N-dealkylation sites (tertiary alicyclic amines) is 1. The highest BCUT2D eigenvalue weighted by molar-refractivity contribution is 7.98. The lowest BCUT2D eigenvalue weighted by atomic mass is 9.96. The van der Waals surface area contributed by atoms with Crippen LogP contribution < -0.4 is 9.64 Å². The van der Waals surface area contributed by atoms with Crippen LogP contribution in [0.5, 0.6) is 5.75 Å². The molecule has 0 aliphatic carbocycles. The van der Waals surface area contributed by atoms with Crippen LogP contribution in [0.25, 0.3) is 0 Å². The van der Waals surface area contributed by atoms with Gasteiger partial charge in [0, 0.05) is 12.6 Å². The molecule has 23 heavy (non-hydrogen) atoms. The van der Waals surface area contributed by atoms with Gasteiger partial charge >= 0.3 is 0 Å². The zero-order valence-corrected chi connectivity index (χ0v) is 14.9. The molecule has 0 amide bonds. The molecule has 1 aromatic carbocycles. The molecule has 5 nitrogen and oxygen atoms in total. The number of benzene rings is 1. The molecule has 0 bridgehead atoms. The van der Waals surface area contributed by atoms with Crippen molar-refractivity contribution < 1.29 is 9.64 Å². The molecule has 3 rings (SSSR count). The van der Waals surface area contributed by atoms with E-state index in [4.69, 9.17) is 4.74 Å². The van der Waals surface area contributed by atoms with Crippen LogP contribution >= 0.6 is 11.8 Å². The molecule has 0 radical (unpaired) electrons. The molecule has 2 heterocycles. The molecule has 1 aromatic heterocycles. The molecule has 1 aliphatic heterocycles. The maximum Gasteiger partial charge on any atom is 0.190 e. The van der Waals surface area contributed by atoms with E-state index in [-0.39, 0.29) is 0 Å². The molecule has 0 saturated carbocycles. The average molecular weight is 333 g/mol. The number of rotatable bonds is 5. The molecule has 1 saturated heterocycles. The number of piperidine rings is 1. The standard InChI is InChI=1S/C17H24N4OS/c1-20-16(18-19-17(20)23-3)14-8-6-10-21(12-14)11-13-7-4-5-9-15(13)22-2/h4-5,7,9,14H,6,8,10-12H2,1-3H3/p+1/t14-/m0/s1. The number of para-hydroxylation sites is 1. The Balaban J connectivity index is 1.72. The molecule has 1 aliphatic rings. The van der Waals surface area contributed by atoms with E-state index < -0.39 is 0 Å². The van der Waals surface area contributed by atoms with Gasteiger partial charge < -0.3 is 14.2 Å². The molecule has 1 fully saturated rings. The van der Waals surface area contributed by atoms with Gasteiger partial charge in [-0.05, 0) is 31.2 Å². The number of nitrogens with zero attached hydrogens (tertiary/aromatic N) is 3. The number of quaternary nitrogens is 1. The molecule has 1 unspecified atom stereocenters. The largest absolute Gasteiger partial charge is 0.496 e. The second-order valence-corrected chi connectivity index (χ2v) is 6.91. The first-order chi connectivity index (χ1) is 11.2. The number of aromatic nitrogens is 3. The highest BCUT2D eigenvalue weighted by Crippen LogP contribution is 2.23. The van der Waals surface area contributed by atoms with Crippen LogP contribution in [-0.2, 0) is 13.6 Å². The Morgan fingerprint density at radius 2 is 2.17 bits per heavy atom. The molecule has 2 aromatic rings. The minimum atomic E-state index is 0.492. The summed E-state index contributed by atoms with van der Waals surface area (Å²) < 4.78 is 7.65. The number of hydrogen-bond acceptors (Lipinski definition) is 4. The second-order valence-electron chi connectivity index (χ2n) is 6.14. The highest BCUT2D eigenvalue weighted by atomic mass is 32.2. The van der Waals surface area contributed by atoms with Crippen molar-refractivity contribution in [1.82, 2.24) is 14.8 Å². The summed E-state index contributed by atoms with van der Waals surface area (Å²) in [6, 6.07) is 8.33. The molecule has 0 spiro atoms. The van der Waals surface area contributed by atoms with Crippen molar-refractivity contribution in [1.29, 1.82) is 0 Å². The minimum Gasteiger partial charge on any atom is -0.496 e. The van der Waals surface area contributed by atoms with Gasteiger partial charge in [0.15, 0.2) is 5.16 Å². The molecule has 124 valence electrons. The summed E-state index contributed by atoms with van der Waals surface area (Å²) in [4.78, 5) is 1.60. The highest BCUT2D eigenvalue weighted by Gasteiger charge is 2.29. The average Bonchev–Trinajstić information content (AvgIpc) is 2.96. The van der Waals surface area contributed by atoms with Crippen molar-refractivity contribution >= 4 is 11.8 Å². The Labute approximate surface area is 142 Å². The third-order valence-electron chi connectivity index (χ3n) is 4.67. The van der Waals surface area contributed by atoms with E-state index in [1.165, 1.54) is 24.9 Å². The second kappa shape index (κ2) is 7.36. The van der Waals surface area contributed by atoms with Crippen molar-refractivity contribution in [2.75, 3.05) is 26.5 Å². The summed E-state index contributed by atoms with van der Waals surface area (Å²) in [6.45, 7) is 3.33. The first kappa shape index (κ1) is 16.3. The molecular formula is C17H25N4OS+. The van der Waals surface area contributed by atoms with Crippen LogP contribution in [0.1, 0.15) is 30.1 Å². The van der Waals surface area contributed by atoms with Gasteiger partial charge in [0.1, 0.15) is 18.1 Å². The Bertz CT molecular complexity index is 658. The summed E-state index contributed by atoms with van der Waals surface area (Å²) in [5.74, 6) is 2.61. The quantitative estimate of drug-likeness (QED) is 0.843. The number of ether oxygens (including phenoxy) is 1. The maximum atomic E-state index is 5.49. The van der Waals surface area contributed by atoms with Crippen molar-refractivity contribution in [3.8, 4) is 5.75 Å². The number of thioether (sulfide) groups is 1. The number of methoxy groups -OCH3 is 1.